The highest BCUT2D eigenvalue weighted by Crippen LogP contribution is 2.19. The summed E-state index contributed by atoms with van der Waals surface area (Å²) >= 11 is 0. The maximum absolute atomic E-state index is 12.1. The topological polar surface area (TPSA) is 58.4 Å². The molecule has 1 N–H and O–H groups in total. The van der Waals surface area contributed by atoms with E-state index in [2.05, 4.69) is 41.4 Å². The SMILES string of the molecule is CCN(CC)C(CNC(=O)c1cc(C)on1)c1ccccc1. The number of likely N-dealkylation sites (N-methyl/N-ethyl adjacent to an activating group) is 1. The van der Waals surface area contributed by atoms with Crippen LogP contribution in [0.3, 0.4) is 0 Å². The molecule has 0 saturated heterocycles. The van der Waals surface area contributed by atoms with Crippen molar-refractivity contribution in [3.8, 4) is 0 Å². The highest BCUT2D eigenvalue weighted by atomic mass is 16.5. The van der Waals surface area contributed by atoms with Crippen molar-refractivity contribution >= 4 is 5.91 Å². The molecule has 1 atom stereocenters. The second-order valence-corrected chi connectivity index (χ2v) is 5.18. The lowest BCUT2D eigenvalue weighted by molar-refractivity contribution is 0.0926. The summed E-state index contributed by atoms with van der Waals surface area (Å²) in [6.07, 6.45) is 0. The lowest BCUT2D eigenvalue weighted by Crippen LogP contribution is -2.38. The summed E-state index contributed by atoms with van der Waals surface area (Å²) in [7, 11) is 0. The van der Waals surface area contributed by atoms with Gasteiger partial charge in [-0.05, 0) is 25.6 Å². The van der Waals surface area contributed by atoms with Crippen molar-refractivity contribution in [3.05, 3.63) is 53.4 Å². The Bertz CT molecular complexity index is 591. The summed E-state index contributed by atoms with van der Waals surface area (Å²) in [5.41, 5.74) is 1.52. The van der Waals surface area contributed by atoms with Crippen LogP contribution in [0.25, 0.3) is 0 Å². The average Bonchev–Trinajstić information content (AvgIpc) is 2.98. The molecule has 0 fully saturated rings. The molecule has 1 unspecified atom stereocenters. The number of hydrogen-bond acceptors (Lipinski definition) is 4. The predicted molar refractivity (Wildman–Crippen MR) is 85.7 cm³/mol. The van der Waals surface area contributed by atoms with Crippen molar-refractivity contribution in [2.24, 2.45) is 0 Å². The zero-order chi connectivity index (χ0) is 15.9. The van der Waals surface area contributed by atoms with Crippen molar-refractivity contribution in [2.75, 3.05) is 19.6 Å². The Morgan fingerprint density at radius 1 is 1.27 bits per heavy atom. The second kappa shape index (κ2) is 7.75. The van der Waals surface area contributed by atoms with Gasteiger partial charge in [0.15, 0.2) is 5.69 Å². The maximum Gasteiger partial charge on any atom is 0.273 e. The van der Waals surface area contributed by atoms with Crippen molar-refractivity contribution in [2.45, 2.75) is 26.8 Å². The first-order valence-corrected chi connectivity index (χ1v) is 7.66. The van der Waals surface area contributed by atoms with Gasteiger partial charge < -0.3 is 9.84 Å². The normalized spacial score (nSPS) is 12.4. The van der Waals surface area contributed by atoms with E-state index >= 15 is 0 Å². The van der Waals surface area contributed by atoms with Crippen LogP contribution >= 0.6 is 0 Å². The largest absolute Gasteiger partial charge is 0.361 e. The van der Waals surface area contributed by atoms with Crippen LogP contribution in [0.15, 0.2) is 40.9 Å². The van der Waals surface area contributed by atoms with Crippen LogP contribution in [-0.2, 0) is 0 Å². The van der Waals surface area contributed by atoms with Gasteiger partial charge in [-0.15, -0.1) is 0 Å². The fourth-order valence-electron chi connectivity index (χ4n) is 2.55. The summed E-state index contributed by atoms with van der Waals surface area (Å²) in [5, 5.41) is 6.71. The summed E-state index contributed by atoms with van der Waals surface area (Å²) < 4.78 is 4.95. The van der Waals surface area contributed by atoms with Crippen molar-refractivity contribution in [1.29, 1.82) is 0 Å². The van der Waals surface area contributed by atoms with E-state index in [0.29, 0.717) is 18.0 Å². The fourth-order valence-corrected chi connectivity index (χ4v) is 2.55. The average molecular weight is 301 g/mol. The minimum Gasteiger partial charge on any atom is -0.361 e. The van der Waals surface area contributed by atoms with Crippen LogP contribution in [0, 0.1) is 6.92 Å². The molecule has 5 nitrogen and oxygen atoms in total. The zero-order valence-electron chi connectivity index (χ0n) is 13.4. The van der Waals surface area contributed by atoms with Gasteiger partial charge in [0.2, 0.25) is 0 Å². The quantitative estimate of drug-likeness (QED) is 0.854. The third-order valence-corrected chi connectivity index (χ3v) is 3.75. The van der Waals surface area contributed by atoms with Crippen LogP contribution in [-0.4, -0.2) is 35.6 Å². The van der Waals surface area contributed by atoms with Crippen molar-refractivity contribution in [3.63, 3.8) is 0 Å². The zero-order valence-corrected chi connectivity index (χ0v) is 13.4. The van der Waals surface area contributed by atoms with Gasteiger partial charge in [-0.3, -0.25) is 9.69 Å². The molecule has 0 saturated carbocycles. The number of nitrogens with zero attached hydrogens (tertiary/aromatic N) is 2. The Morgan fingerprint density at radius 3 is 2.50 bits per heavy atom. The van der Waals surface area contributed by atoms with Gasteiger partial charge in [0, 0.05) is 12.6 Å². The predicted octanol–water partition coefficient (Wildman–Crippen LogP) is 2.80. The van der Waals surface area contributed by atoms with Crippen LogP contribution in [0.2, 0.25) is 0 Å². The third-order valence-electron chi connectivity index (χ3n) is 3.75. The molecule has 1 aromatic carbocycles. The number of amides is 1. The molecule has 0 spiro atoms. The molecule has 0 radical (unpaired) electrons. The maximum atomic E-state index is 12.1. The summed E-state index contributed by atoms with van der Waals surface area (Å²) in [6, 6.07) is 12.0. The summed E-state index contributed by atoms with van der Waals surface area (Å²) in [5.74, 6) is 0.429. The molecule has 0 aliphatic carbocycles. The number of nitrogens with one attached hydrogen (secondary N) is 1. The molecule has 5 heteroatoms. The molecule has 1 heterocycles. The minimum atomic E-state index is -0.204. The molecule has 1 amide bonds. The van der Waals surface area contributed by atoms with Crippen LogP contribution in [0.4, 0.5) is 0 Å². The standard InChI is InChI=1S/C17H23N3O2/c1-4-20(5-2)16(14-9-7-6-8-10-14)12-18-17(21)15-11-13(3)22-19-15/h6-11,16H,4-5,12H2,1-3H3,(H,18,21). The van der Waals surface area contributed by atoms with Gasteiger partial charge >= 0.3 is 0 Å². The number of rotatable bonds is 7. The van der Waals surface area contributed by atoms with E-state index < -0.39 is 0 Å². The summed E-state index contributed by atoms with van der Waals surface area (Å²) in [6.45, 7) is 8.41. The van der Waals surface area contributed by atoms with Gasteiger partial charge in [0.25, 0.3) is 5.91 Å². The summed E-state index contributed by atoms with van der Waals surface area (Å²) in [4.78, 5) is 14.5. The highest BCUT2D eigenvalue weighted by molar-refractivity contribution is 5.92. The van der Waals surface area contributed by atoms with Crippen LogP contribution in [0.5, 0.6) is 0 Å². The molecular weight excluding hydrogens is 278 g/mol. The van der Waals surface area contributed by atoms with E-state index in [-0.39, 0.29) is 11.9 Å². The van der Waals surface area contributed by atoms with Gasteiger partial charge in [-0.25, -0.2) is 0 Å². The number of benzene rings is 1. The monoisotopic (exact) mass is 301 g/mol. The number of carbonyl (C=O) groups is 1. The van der Waals surface area contributed by atoms with Crippen LogP contribution in [0.1, 0.15) is 41.7 Å². The van der Waals surface area contributed by atoms with E-state index in [4.69, 9.17) is 4.52 Å². The minimum absolute atomic E-state index is 0.146. The van der Waals surface area contributed by atoms with Crippen molar-refractivity contribution < 1.29 is 9.32 Å². The molecule has 118 valence electrons. The molecular formula is C17H23N3O2. The van der Waals surface area contributed by atoms with Gasteiger partial charge in [-0.1, -0.05) is 49.3 Å². The lowest BCUT2D eigenvalue weighted by atomic mass is 10.1. The molecule has 0 bridgehead atoms. The first kappa shape index (κ1) is 16.2. The molecule has 22 heavy (non-hydrogen) atoms. The molecule has 0 aliphatic heterocycles. The molecule has 2 aromatic rings. The Hall–Kier alpha value is -2.14. The van der Waals surface area contributed by atoms with Gasteiger partial charge in [-0.2, -0.15) is 0 Å². The highest BCUT2D eigenvalue weighted by Gasteiger charge is 2.19. The number of hydrogen-bond donors (Lipinski definition) is 1. The number of aryl methyl sites for hydroxylation is 1. The first-order chi connectivity index (χ1) is 10.7. The third kappa shape index (κ3) is 3.95. The van der Waals surface area contributed by atoms with Gasteiger partial charge in [0.1, 0.15) is 5.76 Å². The van der Waals surface area contributed by atoms with E-state index in [1.165, 1.54) is 5.56 Å². The van der Waals surface area contributed by atoms with E-state index in [1.807, 2.05) is 18.2 Å². The smallest absolute Gasteiger partial charge is 0.273 e. The van der Waals surface area contributed by atoms with E-state index in [0.717, 1.165) is 13.1 Å². The first-order valence-electron chi connectivity index (χ1n) is 7.66. The Balaban J connectivity index is 2.08. The van der Waals surface area contributed by atoms with E-state index in [1.54, 1.807) is 13.0 Å². The number of aromatic nitrogens is 1. The Morgan fingerprint density at radius 2 is 1.95 bits per heavy atom. The molecule has 0 aliphatic rings. The Labute approximate surface area is 131 Å². The molecule has 1 aromatic heterocycles. The van der Waals surface area contributed by atoms with Gasteiger partial charge in [0.05, 0.1) is 6.04 Å². The second-order valence-electron chi connectivity index (χ2n) is 5.18. The Kier molecular flexibility index (Phi) is 5.72. The van der Waals surface area contributed by atoms with E-state index in [9.17, 15) is 4.79 Å². The molecule has 2 rings (SSSR count). The fraction of sp³-hybridized carbons (Fsp3) is 0.412. The lowest BCUT2D eigenvalue weighted by Gasteiger charge is -2.30. The van der Waals surface area contributed by atoms with Crippen LogP contribution < -0.4 is 5.32 Å². The number of carbonyl (C=O) groups excluding carboxylic acids is 1. The van der Waals surface area contributed by atoms with Crippen molar-refractivity contribution in [1.82, 2.24) is 15.4 Å².